The Morgan fingerprint density at radius 3 is 0.950 bits per heavy atom. The van der Waals surface area contributed by atoms with Crippen LogP contribution in [0.3, 0.4) is 0 Å². The van der Waals surface area contributed by atoms with Crippen LogP contribution in [0.25, 0.3) is 0 Å². The molecule has 7 fully saturated rings. The molecule has 20 heteroatoms. The van der Waals surface area contributed by atoms with Crippen LogP contribution in [0, 0.1) is 5.92 Å². The molecule has 0 amide bonds. The Morgan fingerprint density at radius 2 is 0.640 bits per heavy atom. The molecule has 0 spiro atoms. The van der Waals surface area contributed by atoms with Gasteiger partial charge in [0.1, 0.15) is 12.1 Å². The average molecular weight is 1940 g/mol. The topological polar surface area (TPSA) is 119 Å². The summed E-state index contributed by atoms with van der Waals surface area (Å²) in [5.74, 6) is 5.30. The number of benzene rings is 8. The number of aliphatic hydroxyl groups excluding tert-OH is 1. The monoisotopic (exact) mass is 1940 g/mol. The largest absolute Gasteiger partial charge is 0.416 e. The Labute approximate surface area is 831 Å². The van der Waals surface area contributed by atoms with Crippen LogP contribution in [-0.4, -0.2) is 148 Å². The van der Waals surface area contributed by atoms with Gasteiger partial charge in [-0.1, -0.05) is 301 Å². The second kappa shape index (κ2) is 55.8. The van der Waals surface area contributed by atoms with Crippen molar-refractivity contribution in [3.8, 4) is 0 Å². The lowest BCUT2D eigenvalue weighted by Crippen LogP contribution is -2.45. The minimum Gasteiger partial charge on any atom is -0.393 e. The van der Waals surface area contributed by atoms with Crippen LogP contribution < -0.4 is 20.9 Å². The molecule has 4 saturated heterocycles. The van der Waals surface area contributed by atoms with Gasteiger partial charge in [-0.3, -0.25) is 14.7 Å². The number of halogens is 9. The van der Waals surface area contributed by atoms with Crippen molar-refractivity contribution in [1.82, 2.24) is 14.7 Å². The van der Waals surface area contributed by atoms with E-state index in [2.05, 4.69) is 258 Å². The van der Waals surface area contributed by atoms with Crippen LogP contribution in [0.1, 0.15) is 375 Å². The molecule has 11 nitrogen and oxygen atoms in total. The zero-order valence-corrected chi connectivity index (χ0v) is 88.0. The highest BCUT2D eigenvalue weighted by molar-refractivity contribution is 5.50. The number of nitrogens with one attached hydrogen (secondary N) is 3. The maximum absolute atomic E-state index is 12.8. The van der Waals surface area contributed by atoms with E-state index in [1.165, 1.54) is 138 Å². The van der Waals surface area contributed by atoms with E-state index in [9.17, 15) is 54.8 Å². The molecule has 0 aromatic heterocycles. The van der Waals surface area contributed by atoms with E-state index in [0.717, 1.165) is 61.5 Å². The first-order valence-corrected chi connectivity index (χ1v) is 52.4. The van der Waals surface area contributed by atoms with Gasteiger partial charge in [0.05, 0.1) is 23.3 Å². The lowest BCUT2D eigenvalue weighted by Gasteiger charge is -2.33. The third kappa shape index (κ3) is 40.6. The molecule has 5 unspecified atom stereocenters. The normalized spacial score (nSPS) is 20.2. The average Bonchev–Trinajstić information content (AvgIpc) is 1.44. The first-order valence-electron chi connectivity index (χ1n) is 52.4. The summed E-state index contributed by atoms with van der Waals surface area (Å²) in [5.41, 5.74) is 18.4. The zero-order valence-electron chi connectivity index (χ0n) is 88.0. The number of nitrogens with zero attached hydrogens (tertiary/aromatic N) is 4. The first kappa shape index (κ1) is 116. The smallest absolute Gasteiger partial charge is 0.393 e. The number of hydrogen-bond donors (Lipinski definition) is 6. The number of rotatable bonds is 26. The molecule has 4 heterocycles. The van der Waals surface area contributed by atoms with E-state index in [-0.39, 0.29) is 31.6 Å². The van der Waals surface area contributed by atoms with Gasteiger partial charge in [0.15, 0.2) is 6.10 Å². The van der Waals surface area contributed by atoms with Crippen molar-refractivity contribution in [1.29, 1.82) is 0 Å². The second-order valence-electron chi connectivity index (χ2n) is 44.0. The summed E-state index contributed by atoms with van der Waals surface area (Å²) < 4.78 is 120. The summed E-state index contributed by atoms with van der Waals surface area (Å²) in [5, 5.41) is 39.5. The van der Waals surface area contributed by atoms with Gasteiger partial charge in [-0.15, -0.1) is 0 Å². The molecule has 3 aliphatic carbocycles. The second-order valence-corrected chi connectivity index (χ2v) is 44.0. The maximum atomic E-state index is 12.8. The molecule has 0 radical (unpaired) electrons. The van der Waals surface area contributed by atoms with E-state index in [1.807, 2.05) is 108 Å². The highest BCUT2D eigenvalue weighted by Crippen LogP contribution is 2.39. The lowest BCUT2D eigenvalue weighted by atomic mass is 9.95. The summed E-state index contributed by atoms with van der Waals surface area (Å²) in [6, 6.07) is 65.8. The molecule has 3 saturated carbocycles. The number of likely N-dealkylation sites (tertiary alicyclic amines) is 3. The summed E-state index contributed by atoms with van der Waals surface area (Å²) >= 11 is 0. The molecule has 7 aliphatic rings. The van der Waals surface area contributed by atoms with Crippen molar-refractivity contribution >= 4 is 22.7 Å². The predicted octanol–water partition coefficient (Wildman–Crippen LogP) is 31.4. The van der Waals surface area contributed by atoms with Crippen LogP contribution >= 0.6 is 0 Å². The van der Waals surface area contributed by atoms with Crippen LogP contribution in [-0.2, 0) is 30.8 Å². The van der Waals surface area contributed by atoms with Gasteiger partial charge >= 0.3 is 18.5 Å². The van der Waals surface area contributed by atoms with Crippen molar-refractivity contribution in [3.63, 3.8) is 0 Å². The van der Waals surface area contributed by atoms with Gasteiger partial charge < -0.3 is 40.9 Å². The van der Waals surface area contributed by atoms with Gasteiger partial charge in [0, 0.05) is 80.7 Å². The fraction of sp³-hybridized carbons (Fsp3) is 0.597. The van der Waals surface area contributed by atoms with Gasteiger partial charge in [0.2, 0.25) is 0 Å². The highest BCUT2D eigenvalue weighted by atomic mass is 19.4. The summed E-state index contributed by atoms with van der Waals surface area (Å²) in [6.45, 7) is 47.0. The van der Waals surface area contributed by atoms with E-state index in [0.29, 0.717) is 117 Å². The third-order valence-electron chi connectivity index (χ3n) is 28.3. The number of aliphatic hydroxyl groups is 3. The van der Waals surface area contributed by atoms with E-state index < -0.39 is 54.0 Å². The molecule has 772 valence electrons. The van der Waals surface area contributed by atoms with Crippen LogP contribution in [0.2, 0.25) is 0 Å². The maximum Gasteiger partial charge on any atom is 0.416 e. The summed E-state index contributed by atoms with van der Waals surface area (Å²) in [6.07, 6.45) is 6.94. The number of hydrogen-bond acceptors (Lipinski definition) is 11. The molecular weight excluding hydrogens is 1760 g/mol. The van der Waals surface area contributed by atoms with Crippen LogP contribution in [0.15, 0.2) is 194 Å². The van der Waals surface area contributed by atoms with Gasteiger partial charge in [-0.25, -0.2) is 0 Å². The molecule has 0 bridgehead atoms. The molecule has 4 aliphatic heterocycles. The summed E-state index contributed by atoms with van der Waals surface area (Å²) in [7, 11) is 2.00. The van der Waals surface area contributed by atoms with Crippen molar-refractivity contribution in [2.24, 2.45) is 5.92 Å². The SMILES string of the molecule is CC(C)c1ccc(CC2CCCC2)cc1.CC(C)c1ccc(CN2CCCC2C(C)(C)O)cc1.CC(C)c1ccc(CN2CCC[C@@H]2C(F)(F)F)cc1.CC(C)c1ccc(CN2CCC[C@H]2C(F)(F)F)cc1.CC(C)c1ccc(N(C)CC(C)(C)O)cc1.CC(C)c1ccc(NC2CCC(O)C2)cc1.CC(C)c1ccc(NC2CCCCC2)cc1.CC(C)c1ccc(NC2CCOC2C(F)(F)F)cc1. The standard InChI is InChI=1S/C17H27NO.2C15H20F3N.C15H23N.C15H22.C14H18F3NO.C14H21NO.C14H23NO/c1-13(2)15-9-7-14(8-10-15)12-18-11-5-6-16(18)17(3,4)19;2*1-11(2)13-7-5-12(6-8-13)10-19-9-3-4-14(19)15(16,17)18;1-12(2)13-8-10-15(11-9-13)16-14-6-4-3-5-7-14;1-12(2)15-9-7-14(8-10-15)11-13-5-3-4-6-13;1-9(2)10-3-5-11(6-4-10)18-12-7-8-19-13(12)14(15,16)17;1-10(2)11-3-5-12(6-4-11)15-13-7-8-14(16)9-13;1-11(2)12-6-8-13(9-7-12)15(5)10-14(3,4)16/h7-10,13,16,19H,5-6,11-12H2,1-4H3;2*5-8,11,14H,3-4,9-10H2,1-2H3;8-12,14,16H,3-7H2,1-2H3;7-10,12-13H,3-6,11H2,1-2H3;3-6,9,12-13,18H,7-8H2,1-2H3;3-6,10,13-16H,7-9H2,1-2H3;6-9,11,16H,10H2,1-5H3/t;2*14-;;;;;/m.10...../s1. The number of ether oxygens (including phenoxy) is 1. The Kier molecular flexibility index (Phi) is 46.7. The number of alkyl halides is 9. The van der Waals surface area contributed by atoms with Crippen LogP contribution in [0.5, 0.6) is 0 Å². The highest BCUT2D eigenvalue weighted by Gasteiger charge is 2.50. The Hall–Kier alpha value is -7.95. The van der Waals surface area contributed by atoms with Gasteiger partial charge in [-0.2, -0.15) is 39.5 Å². The Bertz CT molecular complexity index is 4310. The van der Waals surface area contributed by atoms with Crippen molar-refractivity contribution in [3.05, 3.63) is 261 Å². The fourth-order valence-electron chi connectivity index (χ4n) is 19.7. The van der Waals surface area contributed by atoms with E-state index in [1.54, 1.807) is 9.80 Å². The summed E-state index contributed by atoms with van der Waals surface area (Å²) in [4.78, 5) is 7.59. The van der Waals surface area contributed by atoms with Crippen molar-refractivity contribution in [2.75, 3.05) is 60.7 Å². The molecular formula is C119H174F9N7O4. The van der Waals surface area contributed by atoms with Crippen molar-refractivity contribution in [2.45, 2.75) is 412 Å². The first-order chi connectivity index (χ1) is 65.5. The number of anilines is 4. The fourth-order valence-corrected chi connectivity index (χ4v) is 19.7. The third-order valence-corrected chi connectivity index (χ3v) is 28.3. The minimum absolute atomic E-state index is 0.104. The molecule has 8 aromatic rings. The quantitative estimate of drug-likeness (QED) is 0.0291. The number of likely N-dealkylation sites (N-methyl/N-ethyl adjacent to an activating group) is 1. The zero-order chi connectivity index (χ0) is 102. The predicted molar refractivity (Wildman–Crippen MR) is 564 cm³/mol. The van der Waals surface area contributed by atoms with E-state index in [4.69, 9.17) is 4.74 Å². The molecule has 8 aromatic carbocycles. The molecule has 15 rings (SSSR count). The van der Waals surface area contributed by atoms with Gasteiger partial charge in [-0.05, 0) is 299 Å². The Balaban J connectivity index is 0.000000195. The van der Waals surface area contributed by atoms with E-state index >= 15 is 0 Å². The van der Waals surface area contributed by atoms with Crippen LogP contribution in [0.4, 0.5) is 62.3 Å². The molecule has 7 atom stereocenters. The molecule has 139 heavy (non-hydrogen) atoms. The lowest BCUT2D eigenvalue weighted by molar-refractivity contribution is -0.208. The Morgan fingerprint density at radius 1 is 0.338 bits per heavy atom. The molecule has 6 N–H and O–H groups in total. The van der Waals surface area contributed by atoms with Gasteiger partial charge in [0.25, 0.3) is 0 Å². The van der Waals surface area contributed by atoms with Crippen molar-refractivity contribution < 1.29 is 59.6 Å². The minimum atomic E-state index is -4.31.